The predicted octanol–water partition coefficient (Wildman–Crippen LogP) is 0.912. The van der Waals surface area contributed by atoms with Gasteiger partial charge in [0.25, 0.3) is 0 Å². The largest absolute Gasteiger partial charge is 0.355 e. The molecule has 20 heavy (non-hydrogen) atoms. The molecule has 1 heterocycles. The van der Waals surface area contributed by atoms with E-state index in [1.54, 1.807) is 0 Å². The van der Waals surface area contributed by atoms with Gasteiger partial charge in [-0.1, -0.05) is 0 Å². The molecule has 5 nitrogen and oxygen atoms in total. The van der Waals surface area contributed by atoms with Crippen molar-refractivity contribution < 1.29 is 22.0 Å². The molecule has 1 saturated heterocycles. The van der Waals surface area contributed by atoms with Gasteiger partial charge in [0.05, 0.1) is 4.90 Å². The summed E-state index contributed by atoms with van der Waals surface area (Å²) in [6.07, 6.45) is 1.80. The third-order valence-electron chi connectivity index (χ3n) is 2.98. The molecular weight excluding hydrogens is 290 g/mol. The molecule has 0 aliphatic carbocycles. The summed E-state index contributed by atoms with van der Waals surface area (Å²) < 4.78 is 52.4. The zero-order valence-corrected chi connectivity index (χ0v) is 11.3. The summed E-state index contributed by atoms with van der Waals surface area (Å²) in [5.41, 5.74) is 0. The lowest BCUT2D eigenvalue weighted by molar-refractivity contribution is -0.122. The molecule has 1 unspecified atom stereocenters. The molecule has 110 valence electrons. The second kappa shape index (κ2) is 5.84. The van der Waals surface area contributed by atoms with Crippen LogP contribution in [0.5, 0.6) is 0 Å². The maximum atomic E-state index is 13.1. The molecular formula is C12H14F2N2O3S. The van der Waals surface area contributed by atoms with Gasteiger partial charge in [-0.2, -0.15) is 4.72 Å². The van der Waals surface area contributed by atoms with Crippen molar-refractivity contribution in [3.63, 3.8) is 0 Å². The first-order chi connectivity index (χ1) is 9.38. The van der Waals surface area contributed by atoms with Crippen molar-refractivity contribution in [3.05, 3.63) is 29.8 Å². The van der Waals surface area contributed by atoms with E-state index in [4.69, 9.17) is 0 Å². The average Bonchev–Trinajstić information content (AvgIpc) is 2.53. The van der Waals surface area contributed by atoms with E-state index in [2.05, 4.69) is 10.0 Å². The van der Waals surface area contributed by atoms with E-state index in [0.29, 0.717) is 37.6 Å². The summed E-state index contributed by atoms with van der Waals surface area (Å²) >= 11 is 0. The Hall–Kier alpha value is -1.54. The van der Waals surface area contributed by atoms with Crippen molar-refractivity contribution >= 4 is 15.9 Å². The number of carbonyl (C=O) groups is 1. The molecule has 1 aliphatic rings. The Morgan fingerprint density at radius 2 is 1.80 bits per heavy atom. The molecule has 0 aromatic heterocycles. The summed E-state index contributed by atoms with van der Waals surface area (Å²) in [5, 5.41) is 2.58. The Kier molecular flexibility index (Phi) is 4.34. The van der Waals surface area contributed by atoms with Crippen molar-refractivity contribution in [1.82, 2.24) is 10.0 Å². The highest BCUT2D eigenvalue weighted by Crippen LogP contribution is 2.15. The molecule has 2 N–H and O–H groups in total. The van der Waals surface area contributed by atoms with Crippen LogP contribution in [0, 0.1) is 11.6 Å². The monoisotopic (exact) mass is 304 g/mol. The van der Waals surface area contributed by atoms with Crippen LogP contribution >= 0.6 is 0 Å². The van der Waals surface area contributed by atoms with Crippen molar-refractivity contribution in [2.24, 2.45) is 0 Å². The first-order valence-corrected chi connectivity index (χ1v) is 7.63. The first-order valence-electron chi connectivity index (χ1n) is 6.14. The maximum Gasteiger partial charge on any atom is 0.241 e. The molecule has 0 spiro atoms. The zero-order valence-electron chi connectivity index (χ0n) is 10.5. The molecule has 0 bridgehead atoms. The normalized spacial score (nSPS) is 20.3. The molecule has 8 heteroatoms. The minimum atomic E-state index is -4.14. The fraction of sp³-hybridized carbons (Fsp3) is 0.417. The quantitative estimate of drug-likeness (QED) is 0.871. The summed E-state index contributed by atoms with van der Waals surface area (Å²) in [7, 11) is -4.14. The van der Waals surface area contributed by atoms with E-state index in [0.717, 1.165) is 6.42 Å². The number of benzene rings is 1. The number of halogens is 2. The fourth-order valence-corrected chi connectivity index (χ4v) is 3.26. The third-order valence-corrected chi connectivity index (χ3v) is 4.43. The van der Waals surface area contributed by atoms with Crippen molar-refractivity contribution in [1.29, 1.82) is 0 Å². The molecule has 1 aromatic rings. The van der Waals surface area contributed by atoms with E-state index in [1.165, 1.54) is 0 Å². The molecule has 2 rings (SSSR count). The van der Waals surface area contributed by atoms with Crippen molar-refractivity contribution in [2.45, 2.75) is 30.2 Å². The van der Waals surface area contributed by atoms with Gasteiger partial charge < -0.3 is 5.32 Å². The molecule has 0 saturated carbocycles. The second-order valence-electron chi connectivity index (χ2n) is 4.57. The Balaban J connectivity index is 2.23. The van der Waals surface area contributed by atoms with Gasteiger partial charge in [0.1, 0.15) is 17.7 Å². The summed E-state index contributed by atoms with van der Waals surface area (Å²) in [4.78, 5) is 11.1. The SMILES string of the molecule is O=C1NCCCCC1NS(=O)(=O)c1cc(F)cc(F)c1. The van der Waals surface area contributed by atoms with Gasteiger partial charge in [0.2, 0.25) is 15.9 Å². The van der Waals surface area contributed by atoms with E-state index < -0.39 is 38.5 Å². The lowest BCUT2D eigenvalue weighted by Crippen LogP contribution is -2.45. The van der Waals surface area contributed by atoms with E-state index in [-0.39, 0.29) is 0 Å². The number of nitrogens with one attached hydrogen (secondary N) is 2. The van der Waals surface area contributed by atoms with Gasteiger partial charge in [-0.05, 0) is 31.4 Å². The molecule has 1 aromatic carbocycles. The number of amides is 1. The van der Waals surface area contributed by atoms with Crippen LogP contribution in [0.2, 0.25) is 0 Å². The van der Waals surface area contributed by atoms with Crippen LogP contribution in [0.3, 0.4) is 0 Å². The summed E-state index contributed by atoms with van der Waals surface area (Å²) in [5.74, 6) is -2.41. The lowest BCUT2D eigenvalue weighted by Gasteiger charge is -2.15. The van der Waals surface area contributed by atoms with Gasteiger partial charge in [-0.3, -0.25) is 4.79 Å². The highest BCUT2D eigenvalue weighted by atomic mass is 32.2. The number of sulfonamides is 1. The number of hydrogen-bond acceptors (Lipinski definition) is 3. The van der Waals surface area contributed by atoms with Crippen LogP contribution < -0.4 is 10.0 Å². The molecule has 1 aliphatic heterocycles. The van der Waals surface area contributed by atoms with Crippen molar-refractivity contribution in [3.8, 4) is 0 Å². The van der Waals surface area contributed by atoms with Gasteiger partial charge in [-0.25, -0.2) is 17.2 Å². The minimum Gasteiger partial charge on any atom is -0.355 e. The van der Waals surface area contributed by atoms with Crippen LogP contribution in [0.1, 0.15) is 19.3 Å². The van der Waals surface area contributed by atoms with Gasteiger partial charge in [0, 0.05) is 12.6 Å². The average molecular weight is 304 g/mol. The first kappa shape index (κ1) is 14.9. The van der Waals surface area contributed by atoms with E-state index >= 15 is 0 Å². The second-order valence-corrected chi connectivity index (χ2v) is 6.28. The highest BCUT2D eigenvalue weighted by Gasteiger charge is 2.27. The fourth-order valence-electron chi connectivity index (χ4n) is 1.99. The topological polar surface area (TPSA) is 75.3 Å². The predicted molar refractivity (Wildman–Crippen MR) is 67.3 cm³/mol. The number of rotatable bonds is 3. The summed E-state index contributed by atoms with van der Waals surface area (Å²) in [6, 6.07) is 1.08. The van der Waals surface area contributed by atoms with Crippen LogP contribution in [-0.2, 0) is 14.8 Å². The Morgan fingerprint density at radius 3 is 2.45 bits per heavy atom. The number of hydrogen-bond donors (Lipinski definition) is 2. The molecule has 1 fully saturated rings. The van der Waals surface area contributed by atoms with Gasteiger partial charge >= 0.3 is 0 Å². The van der Waals surface area contributed by atoms with Crippen molar-refractivity contribution in [2.75, 3.05) is 6.54 Å². The van der Waals surface area contributed by atoms with Crippen LogP contribution in [-0.4, -0.2) is 26.9 Å². The van der Waals surface area contributed by atoms with E-state index in [9.17, 15) is 22.0 Å². The molecule has 0 radical (unpaired) electrons. The Morgan fingerprint density at radius 1 is 1.15 bits per heavy atom. The minimum absolute atomic E-state index is 0.350. The third kappa shape index (κ3) is 3.51. The maximum absolute atomic E-state index is 13.1. The van der Waals surface area contributed by atoms with Gasteiger partial charge in [-0.15, -0.1) is 0 Å². The van der Waals surface area contributed by atoms with Gasteiger partial charge in [0.15, 0.2) is 0 Å². The summed E-state index contributed by atoms with van der Waals surface area (Å²) in [6.45, 7) is 0.492. The number of carbonyl (C=O) groups excluding carboxylic acids is 1. The van der Waals surface area contributed by atoms with Crippen LogP contribution in [0.25, 0.3) is 0 Å². The zero-order chi connectivity index (χ0) is 14.8. The Labute approximate surface area is 115 Å². The van der Waals surface area contributed by atoms with Crippen LogP contribution in [0.4, 0.5) is 8.78 Å². The molecule has 1 amide bonds. The standard InChI is InChI=1S/C12H14F2N2O3S/c13-8-5-9(14)7-10(6-8)20(18,19)16-11-3-1-2-4-15-12(11)17/h5-7,11,16H,1-4H2,(H,15,17). The van der Waals surface area contributed by atoms with Crippen LogP contribution in [0.15, 0.2) is 23.1 Å². The molecule has 1 atom stereocenters. The smallest absolute Gasteiger partial charge is 0.241 e. The lowest BCUT2D eigenvalue weighted by atomic mass is 10.1. The van der Waals surface area contributed by atoms with E-state index in [1.807, 2.05) is 0 Å². The Bertz CT molecular complexity index is 599. The highest BCUT2D eigenvalue weighted by molar-refractivity contribution is 7.89.